The van der Waals surface area contributed by atoms with Gasteiger partial charge in [0.1, 0.15) is 5.69 Å². The number of carbonyl (C=O) groups is 1. The molecule has 31 heavy (non-hydrogen) atoms. The molecule has 2 heterocycles. The molecule has 0 aliphatic rings. The van der Waals surface area contributed by atoms with Gasteiger partial charge in [-0.2, -0.15) is 9.78 Å². The molecule has 0 atom stereocenters. The zero-order valence-corrected chi connectivity index (χ0v) is 17.3. The van der Waals surface area contributed by atoms with Gasteiger partial charge in [0.25, 0.3) is 5.91 Å². The van der Waals surface area contributed by atoms with Crippen molar-refractivity contribution in [2.45, 2.75) is 20.4 Å². The van der Waals surface area contributed by atoms with Gasteiger partial charge in [-0.05, 0) is 47.2 Å². The number of hydrazone groups is 1. The predicted molar refractivity (Wildman–Crippen MR) is 110 cm³/mol. The van der Waals surface area contributed by atoms with Crippen LogP contribution >= 0.6 is 0 Å². The number of hydrogen-bond donors (Lipinski definition) is 3. The molecule has 0 aliphatic heterocycles. The molecule has 13 nitrogen and oxygen atoms in total. The molecule has 1 aromatic carbocycles. The molecule has 0 spiro atoms. The fourth-order valence-electron chi connectivity index (χ4n) is 2.80. The van der Waals surface area contributed by atoms with Gasteiger partial charge in [-0.3, -0.25) is 9.69 Å². The number of methoxy groups -OCH3 is 1. The van der Waals surface area contributed by atoms with Gasteiger partial charge < -0.3 is 15.6 Å². The van der Waals surface area contributed by atoms with Gasteiger partial charge in [0, 0.05) is 6.54 Å². The lowest BCUT2D eigenvalue weighted by molar-refractivity contribution is 0.0945. The lowest BCUT2D eigenvalue weighted by atomic mass is 10.2. The summed E-state index contributed by atoms with van der Waals surface area (Å²) in [4.78, 5) is 15.0. The van der Waals surface area contributed by atoms with E-state index in [1.807, 2.05) is 13.8 Å². The summed E-state index contributed by atoms with van der Waals surface area (Å²) in [6, 6.07) is 4.71. The van der Waals surface area contributed by atoms with E-state index in [-0.39, 0.29) is 23.1 Å². The molecule has 1 amide bonds. The summed E-state index contributed by atoms with van der Waals surface area (Å²) in [5.74, 6) is -0.284. The third kappa shape index (κ3) is 4.78. The van der Waals surface area contributed by atoms with E-state index in [1.54, 1.807) is 12.1 Å². The highest BCUT2D eigenvalue weighted by molar-refractivity contribution is 5.95. The Morgan fingerprint density at radius 2 is 2.16 bits per heavy atom. The van der Waals surface area contributed by atoms with Crippen molar-refractivity contribution >= 4 is 17.9 Å². The molecule has 3 aromatic rings. The topological polar surface area (TPSA) is 170 Å². The standard InChI is InChI=1S/C18H23N9O4/c1-4-26(5-2)10-12-15(27(25-21-12)17-16(19)23-31-24-17)18(29)22-20-9-11-6-7-14(30-3)13(28)8-11/h6-9,28H,4-5,10H2,1-3H3,(H2,19,23)(H,22,29)/b20-9+. The molecule has 0 unspecified atom stereocenters. The van der Waals surface area contributed by atoms with E-state index in [1.165, 1.54) is 19.4 Å². The first kappa shape index (κ1) is 21.7. The number of anilines is 1. The Kier molecular flexibility index (Phi) is 6.77. The van der Waals surface area contributed by atoms with Gasteiger partial charge in [-0.25, -0.2) is 10.1 Å². The molecule has 0 aliphatic carbocycles. The second-order valence-electron chi connectivity index (χ2n) is 6.36. The van der Waals surface area contributed by atoms with Crippen LogP contribution in [0.1, 0.15) is 35.6 Å². The van der Waals surface area contributed by atoms with Crippen molar-refractivity contribution in [3.05, 3.63) is 35.2 Å². The molecule has 0 saturated heterocycles. The quantitative estimate of drug-likeness (QED) is 0.322. The van der Waals surface area contributed by atoms with Gasteiger partial charge >= 0.3 is 0 Å². The largest absolute Gasteiger partial charge is 0.504 e. The molecule has 0 bridgehead atoms. The Labute approximate surface area is 177 Å². The number of nitrogen functional groups attached to an aromatic ring is 1. The van der Waals surface area contributed by atoms with Gasteiger partial charge in [0.15, 0.2) is 17.2 Å². The highest BCUT2D eigenvalue weighted by atomic mass is 16.6. The van der Waals surface area contributed by atoms with E-state index in [0.717, 1.165) is 17.8 Å². The monoisotopic (exact) mass is 429 g/mol. The smallest absolute Gasteiger partial charge is 0.292 e. The average Bonchev–Trinajstić information content (AvgIpc) is 3.37. The molecule has 13 heteroatoms. The third-order valence-electron chi connectivity index (χ3n) is 4.50. The highest BCUT2D eigenvalue weighted by Crippen LogP contribution is 2.25. The molecule has 2 aromatic heterocycles. The first-order valence-electron chi connectivity index (χ1n) is 9.44. The number of hydrogen-bond acceptors (Lipinski definition) is 11. The summed E-state index contributed by atoms with van der Waals surface area (Å²) < 4.78 is 10.8. The molecular formula is C18H23N9O4. The average molecular weight is 429 g/mol. The van der Waals surface area contributed by atoms with Crippen molar-refractivity contribution in [2.75, 3.05) is 25.9 Å². The molecule has 164 valence electrons. The van der Waals surface area contributed by atoms with Crippen LogP contribution in [-0.4, -0.2) is 67.6 Å². The Hall–Kier alpha value is -4.00. The van der Waals surface area contributed by atoms with E-state index in [2.05, 4.69) is 40.7 Å². The maximum absolute atomic E-state index is 12.9. The number of benzene rings is 1. The highest BCUT2D eigenvalue weighted by Gasteiger charge is 2.25. The number of phenols is 1. The van der Waals surface area contributed by atoms with Gasteiger partial charge in [-0.1, -0.05) is 19.1 Å². The lowest BCUT2D eigenvalue weighted by Gasteiger charge is -2.16. The fourth-order valence-corrected chi connectivity index (χ4v) is 2.80. The first-order valence-corrected chi connectivity index (χ1v) is 9.44. The molecule has 3 rings (SSSR count). The Morgan fingerprint density at radius 3 is 2.77 bits per heavy atom. The number of aromatic nitrogens is 5. The zero-order chi connectivity index (χ0) is 22.4. The molecule has 0 radical (unpaired) electrons. The summed E-state index contributed by atoms with van der Waals surface area (Å²) in [6.45, 7) is 5.91. The Balaban J connectivity index is 1.86. The number of ether oxygens (including phenoxy) is 1. The summed E-state index contributed by atoms with van der Waals surface area (Å²) in [7, 11) is 1.45. The second-order valence-corrected chi connectivity index (χ2v) is 6.36. The number of nitrogens with one attached hydrogen (secondary N) is 1. The molecule has 0 saturated carbocycles. The summed E-state index contributed by atoms with van der Waals surface area (Å²) in [5, 5.41) is 29.1. The van der Waals surface area contributed by atoms with Crippen molar-refractivity contribution in [3.63, 3.8) is 0 Å². The van der Waals surface area contributed by atoms with Crippen molar-refractivity contribution in [3.8, 4) is 17.3 Å². The maximum Gasteiger partial charge on any atom is 0.292 e. The summed E-state index contributed by atoms with van der Waals surface area (Å²) in [5.41, 5.74) is 9.26. The Bertz CT molecular complexity index is 1070. The van der Waals surface area contributed by atoms with Crippen molar-refractivity contribution in [1.82, 2.24) is 35.6 Å². The minimum Gasteiger partial charge on any atom is -0.504 e. The van der Waals surface area contributed by atoms with Crippen LogP contribution in [0.25, 0.3) is 5.82 Å². The van der Waals surface area contributed by atoms with Crippen molar-refractivity contribution in [2.24, 2.45) is 5.10 Å². The fraction of sp³-hybridized carbons (Fsp3) is 0.333. The van der Waals surface area contributed by atoms with Crippen LogP contribution in [0.2, 0.25) is 0 Å². The van der Waals surface area contributed by atoms with E-state index in [4.69, 9.17) is 10.5 Å². The van der Waals surface area contributed by atoms with Crippen LogP contribution in [0.4, 0.5) is 5.82 Å². The van der Waals surface area contributed by atoms with Crippen LogP contribution in [0.3, 0.4) is 0 Å². The number of aromatic hydroxyl groups is 1. The number of amides is 1. The second kappa shape index (κ2) is 9.67. The van der Waals surface area contributed by atoms with Crippen LogP contribution in [0.5, 0.6) is 11.5 Å². The normalized spacial score (nSPS) is 11.4. The predicted octanol–water partition coefficient (Wildman–Crippen LogP) is 0.552. The number of nitrogens with zero attached hydrogens (tertiary/aromatic N) is 7. The molecule has 4 N–H and O–H groups in total. The summed E-state index contributed by atoms with van der Waals surface area (Å²) >= 11 is 0. The first-order chi connectivity index (χ1) is 15.0. The van der Waals surface area contributed by atoms with Crippen molar-refractivity contribution < 1.29 is 19.3 Å². The van der Waals surface area contributed by atoms with Gasteiger partial charge in [0.05, 0.1) is 13.3 Å². The number of rotatable bonds is 9. The number of carbonyl (C=O) groups excluding carboxylic acids is 1. The zero-order valence-electron chi connectivity index (χ0n) is 17.3. The summed E-state index contributed by atoms with van der Waals surface area (Å²) in [6.07, 6.45) is 1.38. The Morgan fingerprint density at radius 1 is 1.39 bits per heavy atom. The number of phenolic OH excluding ortho intramolecular Hbond substituents is 1. The third-order valence-corrected chi connectivity index (χ3v) is 4.50. The minimum absolute atomic E-state index is 0.0365. The maximum atomic E-state index is 12.9. The van der Waals surface area contributed by atoms with E-state index >= 15 is 0 Å². The number of nitrogens with two attached hydrogens (primary N) is 1. The molecular weight excluding hydrogens is 406 g/mol. The van der Waals surface area contributed by atoms with Crippen molar-refractivity contribution in [1.29, 1.82) is 0 Å². The van der Waals surface area contributed by atoms with Gasteiger partial charge in [0.2, 0.25) is 11.6 Å². The van der Waals surface area contributed by atoms with E-state index < -0.39 is 5.91 Å². The van der Waals surface area contributed by atoms with Crippen LogP contribution in [-0.2, 0) is 6.54 Å². The van der Waals surface area contributed by atoms with E-state index in [9.17, 15) is 9.90 Å². The lowest BCUT2D eigenvalue weighted by Crippen LogP contribution is -2.27. The van der Waals surface area contributed by atoms with Crippen LogP contribution in [0, 0.1) is 0 Å². The SMILES string of the molecule is CCN(CC)Cc1nnn(-c2nonc2N)c1C(=O)N/N=C/c1ccc(OC)c(O)c1. The van der Waals surface area contributed by atoms with Crippen LogP contribution < -0.4 is 15.9 Å². The van der Waals surface area contributed by atoms with Crippen LogP contribution in [0.15, 0.2) is 27.9 Å². The molecule has 0 fully saturated rings. The minimum atomic E-state index is -0.580. The van der Waals surface area contributed by atoms with Gasteiger partial charge in [-0.15, -0.1) is 5.10 Å². The van der Waals surface area contributed by atoms with E-state index in [0.29, 0.717) is 23.6 Å².